The van der Waals surface area contributed by atoms with Crippen molar-refractivity contribution < 1.29 is 4.74 Å². The second kappa shape index (κ2) is 6.11. The van der Waals surface area contributed by atoms with Crippen LogP contribution in [0.2, 0.25) is 0 Å². The summed E-state index contributed by atoms with van der Waals surface area (Å²) >= 11 is 3.60. The number of aromatic nitrogens is 1. The molecule has 0 fully saturated rings. The van der Waals surface area contributed by atoms with Gasteiger partial charge in [0.2, 0.25) is 0 Å². The van der Waals surface area contributed by atoms with Crippen molar-refractivity contribution in [1.29, 1.82) is 0 Å². The van der Waals surface area contributed by atoms with E-state index in [0.29, 0.717) is 6.73 Å². The second-order valence-corrected chi connectivity index (χ2v) is 6.92. The number of nitrogens with one attached hydrogen (secondary N) is 1. The van der Waals surface area contributed by atoms with Gasteiger partial charge in [-0.15, -0.1) is 0 Å². The average Bonchev–Trinajstić information content (AvgIpc) is 2.93. The van der Waals surface area contributed by atoms with E-state index in [1.54, 1.807) is 7.11 Å². The van der Waals surface area contributed by atoms with Crippen LogP contribution in [0.4, 0.5) is 0 Å². The van der Waals surface area contributed by atoms with Gasteiger partial charge in [-0.05, 0) is 35.7 Å². The Balaban J connectivity index is 1.89. The summed E-state index contributed by atoms with van der Waals surface area (Å²) in [6.45, 7) is 1.64. The zero-order chi connectivity index (χ0) is 15.8. The topological polar surface area (TPSA) is 28.3 Å². The Morgan fingerprint density at radius 1 is 1.22 bits per heavy atom. The Labute approximate surface area is 144 Å². The SMILES string of the molecule is COCN1CCc2c([nH]c3ccc(Br)cc23)C1c1ccccc1. The van der Waals surface area contributed by atoms with E-state index >= 15 is 0 Å². The summed E-state index contributed by atoms with van der Waals surface area (Å²) in [5.41, 5.74) is 5.24. The first kappa shape index (κ1) is 14.9. The molecule has 0 amide bonds. The number of H-pyrrole nitrogens is 1. The highest BCUT2D eigenvalue weighted by Crippen LogP contribution is 2.38. The number of ether oxygens (including phenoxy) is 1. The summed E-state index contributed by atoms with van der Waals surface area (Å²) in [4.78, 5) is 6.05. The van der Waals surface area contributed by atoms with Gasteiger partial charge >= 0.3 is 0 Å². The molecule has 3 aromatic rings. The lowest BCUT2D eigenvalue weighted by Crippen LogP contribution is -2.37. The zero-order valence-electron chi connectivity index (χ0n) is 13.1. The molecule has 4 rings (SSSR count). The molecule has 1 aromatic heterocycles. The van der Waals surface area contributed by atoms with Crippen molar-refractivity contribution in [2.24, 2.45) is 0 Å². The van der Waals surface area contributed by atoms with Gasteiger partial charge in [0.15, 0.2) is 0 Å². The number of hydrogen-bond acceptors (Lipinski definition) is 2. The number of aromatic amines is 1. The van der Waals surface area contributed by atoms with Crippen LogP contribution in [-0.2, 0) is 11.2 Å². The van der Waals surface area contributed by atoms with Gasteiger partial charge < -0.3 is 9.72 Å². The molecule has 2 aromatic carbocycles. The van der Waals surface area contributed by atoms with Gasteiger partial charge in [0.05, 0.1) is 12.8 Å². The van der Waals surface area contributed by atoms with Crippen molar-refractivity contribution in [3.63, 3.8) is 0 Å². The third kappa shape index (κ3) is 2.61. The van der Waals surface area contributed by atoms with Crippen LogP contribution in [0.3, 0.4) is 0 Å². The van der Waals surface area contributed by atoms with Crippen LogP contribution in [0.15, 0.2) is 53.0 Å². The molecule has 0 bridgehead atoms. The first-order valence-electron chi connectivity index (χ1n) is 7.86. The number of fused-ring (bicyclic) bond motifs is 3. The number of nitrogens with zero attached hydrogens (tertiary/aromatic N) is 1. The molecular weight excluding hydrogens is 352 g/mol. The maximum atomic E-state index is 5.45. The van der Waals surface area contributed by atoms with E-state index in [1.165, 1.54) is 27.7 Å². The molecule has 0 saturated carbocycles. The van der Waals surface area contributed by atoms with Crippen LogP contribution >= 0.6 is 15.9 Å². The molecule has 1 aliphatic heterocycles. The summed E-state index contributed by atoms with van der Waals surface area (Å²) < 4.78 is 6.57. The number of rotatable bonds is 3. The third-order valence-corrected chi connectivity index (χ3v) is 5.09. The van der Waals surface area contributed by atoms with Crippen LogP contribution in [0.1, 0.15) is 22.9 Å². The van der Waals surface area contributed by atoms with Gasteiger partial charge in [0.1, 0.15) is 0 Å². The molecule has 2 heterocycles. The Morgan fingerprint density at radius 3 is 2.83 bits per heavy atom. The predicted octanol–water partition coefficient (Wildman–Crippen LogP) is 4.48. The van der Waals surface area contributed by atoms with E-state index in [2.05, 4.69) is 74.3 Å². The molecule has 1 N–H and O–H groups in total. The van der Waals surface area contributed by atoms with E-state index in [4.69, 9.17) is 4.74 Å². The van der Waals surface area contributed by atoms with E-state index in [0.717, 1.165) is 17.4 Å². The molecule has 0 spiro atoms. The Morgan fingerprint density at radius 2 is 2.04 bits per heavy atom. The first-order valence-corrected chi connectivity index (χ1v) is 8.65. The summed E-state index contributed by atoms with van der Waals surface area (Å²) in [5.74, 6) is 0. The minimum absolute atomic E-state index is 0.214. The summed E-state index contributed by atoms with van der Waals surface area (Å²) in [5, 5.41) is 1.33. The highest BCUT2D eigenvalue weighted by molar-refractivity contribution is 9.10. The summed E-state index contributed by atoms with van der Waals surface area (Å²) in [7, 11) is 1.76. The fourth-order valence-electron chi connectivity index (χ4n) is 3.63. The molecule has 1 atom stereocenters. The lowest BCUT2D eigenvalue weighted by atomic mass is 9.93. The largest absolute Gasteiger partial charge is 0.369 e. The van der Waals surface area contributed by atoms with Crippen molar-refractivity contribution in [3.05, 3.63) is 69.8 Å². The number of methoxy groups -OCH3 is 1. The second-order valence-electron chi connectivity index (χ2n) is 6.00. The molecule has 23 heavy (non-hydrogen) atoms. The minimum atomic E-state index is 0.214. The number of halogens is 1. The monoisotopic (exact) mass is 370 g/mol. The predicted molar refractivity (Wildman–Crippen MR) is 96.6 cm³/mol. The van der Waals surface area contributed by atoms with E-state index < -0.39 is 0 Å². The van der Waals surface area contributed by atoms with Crippen LogP contribution in [-0.4, -0.2) is 30.3 Å². The Hall–Kier alpha value is -1.62. The molecule has 4 heteroatoms. The molecule has 1 aliphatic rings. The van der Waals surface area contributed by atoms with Crippen LogP contribution in [0.5, 0.6) is 0 Å². The van der Waals surface area contributed by atoms with Crippen molar-refractivity contribution in [1.82, 2.24) is 9.88 Å². The number of hydrogen-bond donors (Lipinski definition) is 1. The fourth-order valence-corrected chi connectivity index (χ4v) is 3.99. The van der Waals surface area contributed by atoms with E-state index in [-0.39, 0.29) is 6.04 Å². The zero-order valence-corrected chi connectivity index (χ0v) is 14.6. The maximum Gasteiger partial charge on any atom is 0.0994 e. The van der Waals surface area contributed by atoms with Crippen molar-refractivity contribution in [2.45, 2.75) is 12.5 Å². The summed E-state index contributed by atoms with van der Waals surface area (Å²) in [6.07, 6.45) is 1.04. The smallest absolute Gasteiger partial charge is 0.0994 e. The Bertz CT molecular complexity index is 828. The van der Waals surface area contributed by atoms with Crippen LogP contribution in [0, 0.1) is 0 Å². The van der Waals surface area contributed by atoms with Gasteiger partial charge in [-0.25, -0.2) is 0 Å². The van der Waals surface area contributed by atoms with E-state index in [9.17, 15) is 0 Å². The number of benzene rings is 2. The molecule has 3 nitrogen and oxygen atoms in total. The van der Waals surface area contributed by atoms with Crippen molar-refractivity contribution in [3.8, 4) is 0 Å². The van der Waals surface area contributed by atoms with Crippen molar-refractivity contribution >= 4 is 26.8 Å². The van der Waals surface area contributed by atoms with Crippen molar-refractivity contribution in [2.75, 3.05) is 20.4 Å². The maximum absolute atomic E-state index is 5.45. The first-order chi connectivity index (χ1) is 11.3. The minimum Gasteiger partial charge on any atom is -0.369 e. The molecular formula is C19H19BrN2O. The Kier molecular flexibility index (Phi) is 3.97. The standard InChI is InChI=1S/C19H19BrN2O/c1-23-12-22-10-9-15-16-11-14(20)7-8-17(16)21-18(15)19(22)13-5-3-2-4-6-13/h2-8,11,19,21H,9-10,12H2,1H3. The lowest BCUT2D eigenvalue weighted by Gasteiger charge is -2.35. The molecule has 1 unspecified atom stereocenters. The average molecular weight is 371 g/mol. The summed E-state index contributed by atoms with van der Waals surface area (Å²) in [6, 6.07) is 17.4. The van der Waals surface area contributed by atoms with Crippen LogP contribution < -0.4 is 0 Å². The highest BCUT2D eigenvalue weighted by Gasteiger charge is 2.31. The van der Waals surface area contributed by atoms with Gasteiger partial charge in [-0.2, -0.15) is 0 Å². The van der Waals surface area contributed by atoms with Gasteiger partial charge in [-0.3, -0.25) is 4.90 Å². The van der Waals surface area contributed by atoms with Crippen LogP contribution in [0.25, 0.3) is 10.9 Å². The van der Waals surface area contributed by atoms with Gasteiger partial charge in [0.25, 0.3) is 0 Å². The molecule has 0 saturated heterocycles. The quantitative estimate of drug-likeness (QED) is 0.735. The van der Waals surface area contributed by atoms with E-state index in [1.807, 2.05) is 0 Å². The fraction of sp³-hybridized carbons (Fsp3) is 0.263. The molecule has 118 valence electrons. The molecule has 0 radical (unpaired) electrons. The van der Waals surface area contributed by atoms with Gasteiger partial charge in [-0.1, -0.05) is 46.3 Å². The lowest BCUT2D eigenvalue weighted by molar-refractivity contribution is 0.0381. The van der Waals surface area contributed by atoms with Gasteiger partial charge in [0, 0.05) is 34.7 Å². The molecule has 0 aliphatic carbocycles. The third-order valence-electron chi connectivity index (χ3n) is 4.60. The normalized spacial score (nSPS) is 18.3. The highest BCUT2D eigenvalue weighted by atomic mass is 79.9.